The van der Waals surface area contributed by atoms with Gasteiger partial charge in [0.1, 0.15) is 0 Å². The largest absolute Gasteiger partial charge is 0.449 e. The number of piperidine rings is 1. The van der Waals surface area contributed by atoms with Crippen molar-refractivity contribution < 1.29 is 14.3 Å². The number of carbonyl (C=O) groups excluding carboxylic acids is 2. The number of esters is 1. The summed E-state index contributed by atoms with van der Waals surface area (Å²) in [5.41, 5.74) is 2.65. The smallest absolute Gasteiger partial charge is 0.339 e. The van der Waals surface area contributed by atoms with Gasteiger partial charge in [0, 0.05) is 17.7 Å². The van der Waals surface area contributed by atoms with Crippen molar-refractivity contribution in [2.45, 2.75) is 25.4 Å². The molecular weight excluding hydrogens is 302 g/mol. The summed E-state index contributed by atoms with van der Waals surface area (Å²) in [5.74, 6) is -0.287. The monoisotopic (exact) mass is 321 g/mol. The average molecular weight is 321 g/mol. The SMILES string of the molecule is Cc1ccc(C(=O)N2CCCC3(C2)OC(=O)c2ccccc23)cc1. The molecule has 1 spiro atoms. The van der Waals surface area contributed by atoms with Crippen LogP contribution >= 0.6 is 0 Å². The van der Waals surface area contributed by atoms with E-state index in [9.17, 15) is 9.59 Å². The van der Waals surface area contributed by atoms with Crippen molar-refractivity contribution in [1.29, 1.82) is 0 Å². The number of hydrogen-bond acceptors (Lipinski definition) is 3. The number of ether oxygens (including phenoxy) is 1. The van der Waals surface area contributed by atoms with E-state index < -0.39 is 5.60 Å². The highest BCUT2D eigenvalue weighted by atomic mass is 16.6. The van der Waals surface area contributed by atoms with E-state index in [-0.39, 0.29) is 11.9 Å². The third-order valence-corrected chi connectivity index (χ3v) is 4.97. The van der Waals surface area contributed by atoms with Crippen LogP contribution in [0.3, 0.4) is 0 Å². The fraction of sp³-hybridized carbons (Fsp3) is 0.300. The van der Waals surface area contributed by atoms with Crippen LogP contribution in [0.15, 0.2) is 48.5 Å². The normalized spacial score (nSPS) is 22.4. The Hall–Kier alpha value is -2.62. The molecule has 2 aliphatic heterocycles. The number of benzene rings is 2. The molecule has 0 bridgehead atoms. The fourth-order valence-corrected chi connectivity index (χ4v) is 3.72. The summed E-state index contributed by atoms with van der Waals surface area (Å²) >= 11 is 0. The first kappa shape index (κ1) is 14.9. The van der Waals surface area contributed by atoms with Crippen LogP contribution in [-0.4, -0.2) is 29.9 Å². The van der Waals surface area contributed by atoms with Crippen LogP contribution in [0.5, 0.6) is 0 Å². The minimum absolute atomic E-state index is 0.00509. The first-order valence-electron chi connectivity index (χ1n) is 8.28. The Morgan fingerprint density at radius 3 is 2.67 bits per heavy atom. The van der Waals surface area contributed by atoms with Gasteiger partial charge in [0.05, 0.1) is 12.1 Å². The highest BCUT2D eigenvalue weighted by molar-refractivity contribution is 5.96. The molecule has 24 heavy (non-hydrogen) atoms. The second-order valence-corrected chi connectivity index (χ2v) is 6.63. The number of aryl methyl sites for hydroxylation is 1. The Kier molecular flexibility index (Phi) is 3.41. The summed E-state index contributed by atoms with van der Waals surface area (Å²) in [6.07, 6.45) is 1.58. The van der Waals surface area contributed by atoms with Crippen molar-refractivity contribution >= 4 is 11.9 Å². The van der Waals surface area contributed by atoms with Crippen molar-refractivity contribution in [3.05, 3.63) is 70.8 Å². The first-order chi connectivity index (χ1) is 11.6. The summed E-state index contributed by atoms with van der Waals surface area (Å²) < 4.78 is 5.76. The molecule has 1 amide bonds. The lowest BCUT2D eigenvalue weighted by molar-refractivity contribution is -0.0442. The van der Waals surface area contributed by atoms with Gasteiger partial charge in [-0.2, -0.15) is 0 Å². The molecule has 2 aromatic carbocycles. The molecule has 1 fully saturated rings. The third-order valence-electron chi connectivity index (χ3n) is 4.97. The van der Waals surface area contributed by atoms with E-state index in [1.165, 1.54) is 0 Å². The standard InChI is InChI=1S/C20H19NO3/c1-14-7-9-15(10-8-14)18(22)21-12-4-11-20(13-21)17-6-3-2-5-16(17)19(23)24-20/h2-3,5-10H,4,11-13H2,1H3. The van der Waals surface area contributed by atoms with Gasteiger partial charge in [-0.15, -0.1) is 0 Å². The molecule has 1 saturated heterocycles. The van der Waals surface area contributed by atoms with Crippen molar-refractivity contribution in [2.24, 2.45) is 0 Å². The highest BCUT2D eigenvalue weighted by Crippen LogP contribution is 2.42. The molecule has 4 heteroatoms. The lowest BCUT2D eigenvalue weighted by Gasteiger charge is -2.39. The Morgan fingerprint density at radius 1 is 1.12 bits per heavy atom. The van der Waals surface area contributed by atoms with Crippen LogP contribution in [-0.2, 0) is 10.3 Å². The lowest BCUT2D eigenvalue weighted by Crippen LogP contribution is -2.48. The van der Waals surface area contributed by atoms with E-state index in [2.05, 4.69) is 0 Å². The Balaban J connectivity index is 1.64. The van der Waals surface area contributed by atoms with E-state index in [1.807, 2.05) is 54.3 Å². The van der Waals surface area contributed by atoms with Crippen LogP contribution in [0.25, 0.3) is 0 Å². The fourth-order valence-electron chi connectivity index (χ4n) is 3.72. The van der Waals surface area contributed by atoms with Gasteiger partial charge in [0.2, 0.25) is 0 Å². The van der Waals surface area contributed by atoms with Gasteiger partial charge in [0.25, 0.3) is 5.91 Å². The van der Waals surface area contributed by atoms with Crippen molar-refractivity contribution in [1.82, 2.24) is 4.90 Å². The molecule has 1 atom stereocenters. The zero-order valence-corrected chi connectivity index (χ0v) is 13.6. The number of carbonyl (C=O) groups is 2. The second-order valence-electron chi connectivity index (χ2n) is 6.63. The number of likely N-dealkylation sites (tertiary alicyclic amines) is 1. The summed E-state index contributed by atoms with van der Waals surface area (Å²) in [6, 6.07) is 15.1. The summed E-state index contributed by atoms with van der Waals surface area (Å²) in [7, 11) is 0. The molecule has 0 N–H and O–H groups in total. The van der Waals surface area contributed by atoms with Gasteiger partial charge < -0.3 is 9.64 Å². The van der Waals surface area contributed by atoms with E-state index in [0.29, 0.717) is 24.2 Å². The number of fused-ring (bicyclic) bond motifs is 2. The van der Waals surface area contributed by atoms with Gasteiger partial charge in [-0.3, -0.25) is 4.79 Å². The maximum atomic E-state index is 12.8. The molecular formula is C20H19NO3. The van der Waals surface area contributed by atoms with E-state index in [4.69, 9.17) is 4.74 Å². The minimum Gasteiger partial charge on any atom is -0.449 e. The lowest BCUT2D eigenvalue weighted by atomic mass is 9.85. The van der Waals surface area contributed by atoms with Crippen molar-refractivity contribution in [3.63, 3.8) is 0 Å². The molecule has 0 aliphatic carbocycles. The molecule has 2 heterocycles. The van der Waals surface area contributed by atoms with Crippen LogP contribution in [0, 0.1) is 6.92 Å². The third kappa shape index (κ3) is 2.30. The van der Waals surface area contributed by atoms with Crippen LogP contribution in [0.1, 0.15) is 44.7 Å². The Bertz CT molecular complexity index is 812. The Morgan fingerprint density at radius 2 is 1.88 bits per heavy atom. The molecule has 1 unspecified atom stereocenters. The molecule has 0 saturated carbocycles. The summed E-state index contributed by atoms with van der Waals surface area (Å²) in [4.78, 5) is 26.8. The average Bonchev–Trinajstić information content (AvgIpc) is 2.87. The molecule has 2 aliphatic rings. The number of hydrogen-bond donors (Lipinski definition) is 0. The number of amides is 1. The molecule has 2 aromatic rings. The molecule has 4 rings (SSSR count). The summed E-state index contributed by atoms with van der Waals surface area (Å²) in [6.45, 7) is 3.11. The van der Waals surface area contributed by atoms with Crippen molar-refractivity contribution in [3.8, 4) is 0 Å². The van der Waals surface area contributed by atoms with Crippen LogP contribution in [0.2, 0.25) is 0 Å². The maximum absolute atomic E-state index is 12.8. The summed E-state index contributed by atoms with van der Waals surface area (Å²) in [5, 5.41) is 0. The molecule has 0 radical (unpaired) electrons. The van der Waals surface area contributed by atoms with Crippen LogP contribution < -0.4 is 0 Å². The van der Waals surface area contributed by atoms with E-state index >= 15 is 0 Å². The van der Waals surface area contributed by atoms with E-state index in [0.717, 1.165) is 24.0 Å². The second kappa shape index (κ2) is 5.48. The predicted octanol–water partition coefficient (Wildman–Crippen LogP) is 3.30. The van der Waals surface area contributed by atoms with E-state index in [1.54, 1.807) is 6.07 Å². The van der Waals surface area contributed by atoms with Crippen LogP contribution in [0.4, 0.5) is 0 Å². The maximum Gasteiger partial charge on any atom is 0.339 e. The topological polar surface area (TPSA) is 46.6 Å². The van der Waals surface area contributed by atoms with Gasteiger partial charge in [-0.1, -0.05) is 35.9 Å². The molecule has 122 valence electrons. The number of nitrogens with zero attached hydrogens (tertiary/aromatic N) is 1. The molecule has 0 aromatic heterocycles. The van der Waals surface area contributed by atoms with Gasteiger partial charge in [0.15, 0.2) is 5.60 Å². The van der Waals surface area contributed by atoms with Gasteiger partial charge in [-0.05, 0) is 38.0 Å². The van der Waals surface area contributed by atoms with Gasteiger partial charge in [-0.25, -0.2) is 4.79 Å². The predicted molar refractivity (Wildman–Crippen MR) is 89.9 cm³/mol. The highest BCUT2D eigenvalue weighted by Gasteiger charge is 2.48. The Labute approximate surface area is 141 Å². The van der Waals surface area contributed by atoms with Crippen molar-refractivity contribution in [2.75, 3.05) is 13.1 Å². The molecule has 4 nitrogen and oxygen atoms in total. The van der Waals surface area contributed by atoms with Gasteiger partial charge >= 0.3 is 5.97 Å². The zero-order valence-electron chi connectivity index (χ0n) is 13.6. The quantitative estimate of drug-likeness (QED) is 0.757. The minimum atomic E-state index is -0.688. The zero-order chi connectivity index (χ0) is 16.7. The first-order valence-corrected chi connectivity index (χ1v) is 8.28. The number of rotatable bonds is 1.